The number of likely N-dealkylation sites (tertiary alicyclic amines) is 1. The summed E-state index contributed by atoms with van der Waals surface area (Å²) in [5.74, 6) is 0.534. The molecule has 2 aliphatic rings. The van der Waals surface area contributed by atoms with Crippen LogP contribution < -0.4 is 5.32 Å². The lowest BCUT2D eigenvalue weighted by Crippen LogP contribution is -2.35. The molecule has 1 aliphatic carbocycles. The summed E-state index contributed by atoms with van der Waals surface area (Å²) in [5.41, 5.74) is 2.84. The summed E-state index contributed by atoms with van der Waals surface area (Å²) in [4.78, 5) is 15.1. The third-order valence-corrected chi connectivity index (χ3v) is 6.48. The van der Waals surface area contributed by atoms with E-state index in [1.54, 1.807) is 24.3 Å². The SMILES string of the molecule is CC1CCCN1C1CC[C@H](c2ccc(NC(=O)c3ccc(Cl)cc3)cc2)C1. The molecule has 3 atom stereocenters. The third kappa shape index (κ3) is 4.20. The van der Waals surface area contributed by atoms with Crippen molar-refractivity contribution in [3.8, 4) is 0 Å². The zero-order valence-electron chi connectivity index (χ0n) is 15.8. The number of anilines is 1. The highest BCUT2D eigenvalue weighted by Gasteiger charge is 2.34. The molecule has 2 unspecified atom stereocenters. The van der Waals surface area contributed by atoms with Crippen LogP contribution in [0.3, 0.4) is 0 Å². The van der Waals surface area contributed by atoms with E-state index in [9.17, 15) is 4.79 Å². The molecule has 3 nitrogen and oxygen atoms in total. The van der Waals surface area contributed by atoms with E-state index in [4.69, 9.17) is 11.6 Å². The van der Waals surface area contributed by atoms with Gasteiger partial charge in [-0.05, 0) is 93.5 Å². The Bertz CT molecular complexity index is 787. The van der Waals surface area contributed by atoms with Crippen LogP contribution in [0.5, 0.6) is 0 Å². The van der Waals surface area contributed by atoms with Crippen LogP contribution in [0.4, 0.5) is 5.69 Å². The first-order valence-electron chi connectivity index (χ1n) is 10.0. The van der Waals surface area contributed by atoms with Crippen LogP contribution in [0.25, 0.3) is 0 Å². The number of hydrogen-bond donors (Lipinski definition) is 1. The maximum absolute atomic E-state index is 12.3. The second kappa shape index (κ2) is 8.04. The molecule has 0 spiro atoms. The maximum atomic E-state index is 12.3. The van der Waals surface area contributed by atoms with Crippen molar-refractivity contribution in [1.82, 2.24) is 4.90 Å². The molecule has 2 aromatic rings. The van der Waals surface area contributed by atoms with Gasteiger partial charge in [0.25, 0.3) is 5.91 Å². The number of rotatable bonds is 4. The maximum Gasteiger partial charge on any atom is 0.255 e. The van der Waals surface area contributed by atoms with Crippen LogP contribution in [0, 0.1) is 0 Å². The molecule has 1 N–H and O–H groups in total. The number of nitrogens with zero attached hydrogens (tertiary/aromatic N) is 1. The Morgan fingerprint density at radius 3 is 2.44 bits per heavy atom. The summed E-state index contributed by atoms with van der Waals surface area (Å²) in [6.07, 6.45) is 6.54. The molecule has 4 heteroatoms. The fourth-order valence-corrected chi connectivity index (χ4v) is 4.83. The summed E-state index contributed by atoms with van der Waals surface area (Å²) in [6.45, 7) is 3.65. The van der Waals surface area contributed by atoms with E-state index in [1.807, 2.05) is 12.1 Å². The minimum Gasteiger partial charge on any atom is -0.322 e. The van der Waals surface area contributed by atoms with Crippen molar-refractivity contribution in [2.24, 2.45) is 0 Å². The van der Waals surface area contributed by atoms with Gasteiger partial charge in [0.2, 0.25) is 0 Å². The molecular formula is C23H27ClN2O. The molecule has 1 saturated heterocycles. The van der Waals surface area contributed by atoms with Gasteiger partial charge in [0.15, 0.2) is 0 Å². The van der Waals surface area contributed by atoms with E-state index < -0.39 is 0 Å². The van der Waals surface area contributed by atoms with E-state index in [-0.39, 0.29) is 5.91 Å². The Morgan fingerprint density at radius 1 is 1.04 bits per heavy atom. The third-order valence-electron chi connectivity index (χ3n) is 6.22. The molecule has 2 fully saturated rings. The second-order valence-corrected chi connectivity index (χ2v) is 8.41. The van der Waals surface area contributed by atoms with Gasteiger partial charge < -0.3 is 5.32 Å². The van der Waals surface area contributed by atoms with Gasteiger partial charge in [0, 0.05) is 28.4 Å². The number of carbonyl (C=O) groups is 1. The Hall–Kier alpha value is -1.84. The van der Waals surface area contributed by atoms with Crippen LogP contribution in [0.2, 0.25) is 5.02 Å². The average Bonchev–Trinajstić information content (AvgIpc) is 3.31. The number of nitrogens with one attached hydrogen (secondary N) is 1. The van der Waals surface area contributed by atoms with Crippen LogP contribution in [-0.2, 0) is 0 Å². The van der Waals surface area contributed by atoms with Crippen LogP contribution in [0.1, 0.15) is 60.9 Å². The molecule has 1 amide bonds. The zero-order valence-corrected chi connectivity index (χ0v) is 16.6. The van der Waals surface area contributed by atoms with Crippen molar-refractivity contribution in [2.75, 3.05) is 11.9 Å². The largest absolute Gasteiger partial charge is 0.322 e. The molecule has 2 aromatic carbocycles. The highest BCUT2D eigenvalue weighted by Crippen LogP contribution is 2.39. The fraction of sp³-hybridized carbons (Fsp3) is 0.435. The van der Waals surface area contributed by atoms with Gasteiger partial charge in [-0.1, -0.05) is 23.7 Å². The number of halogens is 1. The lowest BCUT2D eigenvalue weighted by molar-refractivity contribution is 0.102. The van der Waals surface area contributed by atoms with Crippen molar-refractivity contribution < 1.29 is 4.79 Å². The predicted octanol–water partition coefficient (Wildman–Crippen LogP) is 5.71. The van der Waals surface area contributed by atoms with Gasteiger partial charge in [0.1, 0.15) is 0 Å². The van der Waals surface area contributed by atoms with Gasteiger partial charge in [-0.25, -0.2) is 0 Å². The predicted molar refractivity (Wildman–Crippen MR) is 112 cm³/mol. The van der Waals surface area contributed by atoms with Crippen molar-refractivity contribution in [3.05, 3.63) is 64.7 Å². The molecule has 27 heavy (non-hydrogen) atoms. The quantitative estimate of drug-likeness (QED) is 0.734. The molecule has 0 bridgehead atoms. The summed E-state index contributed by atoms with van der Waals surface area (Å²) in [5, 5.41) is 3.60. The topological polar surface area (TPSA) is 32.3 Å². The van der Waals surface area contributed by atoms with E-state index >= 15 is 0 Å². The lowest BCUT2D eigenvalue weighted by Gasteiger charge is -2.28. The van der Waals surface area contributed by atoms with Crippen molar-refractivity contribution in [2.45, 2.75) is 57.0 Å². The van der Waals surface area contributed by atoms with Gasteiger partial charge in [0.05, 0.1) is 0 Å². The first-order valence-corrected chi connectivity index (χ1v) is 10.4. The van der Waals surface area contributed by atoms with Crippen LogP contribution in [-0.4, -0.2) is 29.4 Å². The Labute approximate surface area is 166 Å². The summed E-state index contributed by atoms with van der Waals surface area (Å²) >= 11 is 5.88. The smallest absolute Gasteiger partial charge is 0.255 e. The zero-order chi connectivity index (χ0) is 18.8. The summed E-state index contributed by atoms with van der Waals surface area (Å²) in [6, 6.07) is 16.8. The van der Waals surface area contributed by atoms with Crippen LogP contribution >= 0.6 is 11.6 Å². The Balaban J connectivity index is 1.36. The van der Waals surface area contributed by atoms with E-state index in [2.05, 4.69) is 29.3 Å². The minimum atomic E-state index is -0.108. The molecule has 4 rings (SSSR count). The Kier molecular flexibility index (Phi) is 5.51. The first kappa shape index (κ1) is 18.5. The molecule has 1 saturated carbocycles. The number of hydrogen-bond acceptors (Lipinski definition) is 2. The summed E-state index contributed by atoms with van der Waals surface area (Å²) in [7, 11) is 0. The van der Waals surface area contributed by atoms with E-state index in [0.717, 1.165) is 17.8 Å². The highest BCUT2D eigenvalue weighted by molar-refractivity contribution is 6.30. The van der Waals surface area contributed by atoms with Crippen molar-refractivity contribution in [3.63, 3.8) is 0 Å². The van der Waals surface area contributed by atoms with E-state index in [1.165, 1.54) is 44.2 Å². The lowest BCUT2D eigenvalue weighted by atomic mass is 9.97. The van der Waals surface area contributed by atoms with Gasteiger partial charge in [-0.3, -0.25) is 9.69 Å². The summed E-state index contributed by atoms with van der Waals surface area (Å²) < 4.78 is 0. The highest BCUT2D eigenvalue weighted by atomic mass is 35.5. The van der Waals surface area contributed by atoms with E-state index in [0.29, 0.717) is 16.5 Å². The average molecular weight is 383 g/mol. The number of carbonyl (C=O) groups excluding carboxylic acids is 1. The van der Waals surface area contributed by atoms with Crippen molar-refractivity contribution >= 4 is 23.2 Å². The monoisotopic (exact) mass is 382 g/mol. The standard InChI is InChI=1S/C23H27ClN2O/c1-16-3-2-14-26(16)22-13-8-19(15-22)17-6-11-21(12-7-17)25-23(27)18-4-9-20(24)10-5-18/h4-7,9-12,16,19,22H,2-3,8,13-15H2,1H3,(H,25,27)/t16?,19-,22?/m0/s1. The second-order valence-electron chi connectivity index (χ2n) is 7.98. The molecular weight excluding hydrogens is 356 g/mol. The molecule has 0 radical (unpaired) electrons. The molecule has 142 valence electrons. The minimum absolute atomic E-state index is 0.108. The van der Waals surface area contributed by atoms with Crippen molar-refractivity contribution in [1.29, 1.82) is 0 Å². The molecule has 1 aliphatic heterocycles. The van der Waals surface area contributed by atoms with Gasteiger partial charge in [-0.15, -0.1) is 0 Å². The van der Waals surface area contributed by atoms with Crippen LogP contribution in [0.15, 0.2) is 48.5 Å². The molecule has 0 aromatic heterocycles. The first-order chi connectivity index (χ1) is 13.1. The molecule has 1 heterocycles. The van der Waals surface area contributed by atoms with Gasteiger partial charge in [-0.2, -0.15) is 0 Å². The number of amides is 1. The van der Waals surface area contributed by atoms with Gasteiger partial charge >= 0.3 is 0 Å². The normalized spacial score (nSPS) is 25.6. The number of benzene rings is 2. The fourth-order valence-electron chi connectivity index (χ4n) is 4.70. The Morgan fingerprint density at radius 2 is 1.78 bits per heavy atom.